The minimum atomic E-state index is -0.0145. The van der Waals surface area contributed by atoms with Gasteiger partial charge in [0.2, 0.25) is 5.91 Å². The van der Waals surface area contributed by atoms with E-state index in [0.717, 1.165) is 16.7 Å². The average molecular weight is 226 g/mol. The Hall–Kier alpha value is -2.16. The summed E-state index contributed by atoms with van der Waals surface area (Å²) in [6.07, 6.45) is 3.55. The van der Waals surface area contributed by atoms with E-state index in [1.54, 1.807) is 12.4 Å². The molecule has 1 amide bonds. The summed E-state index contributed by atoms with van der Waals surface area (Å²) >= 11 is 0. The van der Waals surface area contributed by atoms with Crippen molar-refractivity contribution >= 4 is 5.91 Å². The predicted octanol–water partition coefficient (Wildman–Crippen LogP) is 2.38. The number of aromatic nitrogens is 1. The molecule has 2 aromatic rings. The van der Waals surface area contributed by atoms with Crippen LogP contribution in [-0.2, 0) is 11.3 Å². The van der Waals surface area contributed by atoms with Crippen molar-refractivity contribution in [3.63, 3.8) is 0 Å². The summed E-state index contributed by atoms with van der Waals surface area (Å²) in [7, 11) is 0. The highest BCUT2D eigenvalue weighted by Crippen LogP contribution is 2.19. The molecular formula is C14H14N2O. The first-order valence-corrected chi connectivity index (χ1v) is 5.49. The van der Waals surface area contributed by atoms with Gasteiger partial charge in [0, 0.05) is 25.9 Å². The second-order valence-corrected chi connectivity index (χ2v) is 3.85. The van der Waals surface area contributed by atoms with E-state index in [1.807, 2.05) is 30.3 Å². The maximum absolute atomic E-state index is 10.9. The van der Waals surface area contributed by atoms with E-state index >= 15 is 0 Å². The van der Waals surface area contributed by atoms with E-state index in [-0.39, 0.29) is 5.91 Å². The Morgan fingerprint density at radius 3 is 2.65 bits per heavy atom. The summed E-state index contributed by atoms with van der Waals surface area (Å²) in [5, 5.41) is 2.79. The molecule has 0 aliphatic carbocycles. The third-order valence-corrected chi connectivity index (χ3v) is 2.48. The zero-order valence-electron chi connectivity index (χ0n) is 9.68. The number of nitrogens with one attached hydrogen (secondary N) is 1. The number of nitrogens with zero attached hydrogens (tertiary/aromatic N) is 1. The van der Waals surface area contributed by atoms with Crippen molar-refractivity contribution in [3.05, 3.63) is 54.4 Å². The molecule has 0 bridgehead atoms. The molecule has 0 saturated heterocycles. The third kappa shape index (κ3) is 3.14. The van der Waals surface area contributed by atoms with Crippen LogP contribution in [0, 0.1) is 0 Å². The second kappa shape index (κ2) is 5.25. The summed E-state index contributed by atoms with van der Waals surface area (Å²) < 4.78 is 0. The molecule has 3 nitrogen and oxygen atoms in total. The van der Waals surface area contributed by atoms with Crippen LogP contribution in [0.25, 0.3) is 11.1 Å². The lowest BCUT2D eigenvalue weighted by atomic mass is 10.0. The molecule has 1 N–H and O–H groups in total. The standard InChI is InChI=1S/C14H14N2O/c1-11(17)16-10-12-3-2-4-14(9-12)13-5-7-15-8-6-13/h2-9H,10H2,1H3,(H,16,17). The maximum atomic E-state index is 10.9. The van der Waals surface area contributed by atoms with E-state index in [0.29, 0.717) is 6.54 Å². The lowest BCUT2D eigenvalue weighted by molar-refractivity contribution is -0.119. The number of hydrogen-bond acceptors (Lipinski definition) is 2. The number of pyridine rings is 1. The molecular weight excluding hydrogens is 212 g/mol. The third-order valence-electron chi connectivity index (χ3n) is 2.48. The quantitative estimate of drug-likeness (QED) is 0.873. The lowest BCUT2D eigenvalue weighted by Gasteiger charge is -2.06. The molecule has 3 heteroatoms. The van der Waals surface area contributed by atoms with Crippen LogP contribution in [0.1, 0.15) is 12.5 Å². The Bertz CT molecular complexity index is 509. The lowest BCUT2D eigenvalue weighted by Crippen LogP contribution is -2.18. The van der Waals surface area contributed by atoms with Crippen LogP contribution < -0.4 is 5.32 Å². The summed E-state index contributed by atoms with van der Waals surface area (Å²) in [6, 6.07) is 12.1. The Labute approximate surface area is 101 Å². The van der Waals surface area contributed by atoms with Crippen LogP contribution in [-0.4, -0.2) is 10.9 Å². The Morgan fingerprint density at radius 1 is 1.18 bits per heavy atom. The maximum Gasteiger partial charge on any atom is 0.217 e. The highest BCUT2D eigenvalue weighted by Gasteiger charge is 1.99. The molecule has 0 aliphatic heterocycles. The van der Waals surface area contributed by atoms with Crippen molar-refractivity contribution in [3.8, 4) is 11.1 Å². The van der Waals surface area contributed by atoms with Crippen LogP contribution in [0.3, 0.4) is 0 Å². The van der Waals surface area contributed by atoms with Gasteiger partial charge in [0.1, 0.15) is 0 Å². The summed E-state index contributed by atoms with van der Waals surface area (Å²) in [5.41, 5.74) is 3.36. The van der Waals surface area contributed by atoms with E-state index in [9.17, 15) is 4.79 Å². The Morgan fingerprint density at radius 2 is 1.94 bits per heavy atom. The van der Waals surface area contributed by atoms with E-state index < -0.39 is 0 Å². The average Bonchev–Trinajstić information content (AvgIpc) is 2.38. The van der Waals surface area contributed by atoms with Gasteiger partial charge in [0.05, 0.1) is 0 Å². The molecule has 0 radical (unpaired) electrons. The molecule has 2 rings (SSSR count). The largest absolute Gasteiger partial charge is 0.352 e. The monoisotopic (exact) mass is 226 g/mol. The van der Waals surface area contributed by atoms with Crippen LogP contribution in [0.15, 0.2) is 48.8 Å². The van der Waals surface area contributed by atoms with Gasteiger partial charge < -0.3 is 5.32 Å². The van der Waals surface area contributed by atoms with Crippen LogP contribution >= 0.6 is 0 Å². The fraction of sp³-hybridized carbons (Fsp3) is 0.143. The summed E-state index contributed by atoms with van der Waals surface area (Å²) in [5.74, 6) is -0.0145. The van der Waals surface area contributed by atoms with E-state index in [2.05, 4.69) is 16.4 Å². The van der Waals surface area contributed by atoms with Crippen LogP contribution in [0.2, 0.25) is 0 Å². The van der Waals surface area contributed by atoms with Gasteiger partial charge in [-0.15, -0.1) is 0 Å². The highest BCUT2D eigenvalue weighted by atomic mass is 16.1. The van der Waals surface area contributed by atoms with Gasteiger partial charge in [-0.3, -0.25) is 9.78 Å². The molecule has 0 spiro atoms. The first kappa shape index (κ1) is 11.3. The Kier molecular flexibility index (Phi) is 3.50. The number of rotatable bonds is 3. The first-order valence-electron chi connectivity index (χ1n) is 5.49. The molecule has 0 saturated carbocycles. The highest BCUT2D eigenvalue weighted by molar-refractivity contribution is 5.73. The normalized spacial score (nSPS) is 9.94. The zero-order valence-corrected chi connectivity index (χ0v) is 9.68. The molecule has 1 aromatic carbocycles. The fourth-order valence-electron chi connectivity index (χ4n) is 1.63. The van der Waals surface area contributed by atoms with Gasteiger partial charge >= 0.3 is 0 Å². The molecule has 0 atom stereocenters. The molecule has 86 valence electrons. The van der Waals surface area contributed by atoms with Crippen molar-refractivity contribution in [1.29, 1.82) is 0 Å². The predicted molar refractivity (Wildman–Crippen MR) is 67.2 cm³/mol. The summed E-state index contributed by atoms with van der Waals surface area (Å²) in [4.78, 5) is 14.8. The first-order chi connectivity index (χ1) is 8.25. The Balaban J connectivity index is 2.20. The molecule has 1 heterocycles. The fourth-order valence-corrected chi connectivity index (χ4v) is 1.63. The number of carbonyl (C=O) groups excluding carboxylic acids is 1. The molecule has 0 unspecified atom stereocenters. The second-order valence-electron chi connectivity index (χ2n) is 3.85. The van der Waals surface area contributed by atoms with Gasteiger partial charge in [-0.1, -0.05) is 18.2 Å². The van der Waals surface area contributed by atoms with Crippen molar-refractivity contribution in [1.82, 2.24) is 10.3 Å². The number of hydrogen-bond donors (Lipinski definition) is 1. The van der Waals surface area contributed by atoms with Crippen LogP contribution in [0.5, 0.6) is 0 Å². The molecule has 1 aromatic heterocycles. The van der Waals surface area contributed by atoms with Crippen molar-refractivity contribution in [2.24, 2.45) is 0 Å². The molecule has 0 aliphatic rings. The van der Waals surface area contributed by atoms with Crippen molar-refractivity contribution in [2.45, 2.75) is 13.5 Å². The molecule has 17 heavy (non-hydrogen) atoms. The smallest absolute Gasteiger partial charge is 0.217 e. The van der Waals surface area contributed by atoms with E-state index in [1.165, 1.54) is 6.92 Å². The van der Waals surface area contributed by atoms with Gasteiger partial charge in [0.25, 0.3) is 0 Å². The zero-order chi connectivity index (χ0) is 12.1. The van der Waals surface area contributed by atoms with Crippen LogP contribution in [0.4, 0.5) is 0 Å². The van der Waals surface area contributed by atoms with Gasteiger partial charge in [-0.25, -0.2) is 0 Å². The van der Waals surface area contributed by atoms with Crippen molar-refractivity contribution in [2.75, 3.05) is 0 Å². The van der Waals surface area contributed by atoms with Gasteiger partial charge in [-0.05, 0) is 34.9 Å². The number of benzene rings is 1. The minimum Gasteiger partial charge on any atom is -0.352 e. The minimum absolute atomic E-state index is 0.0145. The SMILES string of the molecule is CC(=O)NCc1cccc(-c2ccncc2)c1. The topological polar surface area (TPSA) is 42.0 Å². The number of carbonyl (C=O) groups is 1. The molecule has 0 fully saturated rings. The summed E-state index contributed by atoms with van der Waals surface area (Å²) in [6.45, 7) is 2.08. The van der Waals surface area contributed by atoms with Gasteiger partial charge in [0.15, 0.2) is 0 Å². The van der Waals surface area contributed by atoms with Crippen molar-refractivity contribution < 1.29 is 4.79 Å². The van der Waals surface area contributed by atoms with Gasteiger partial charge in [-0.2, -0.15) is 0 Å². The number of amides is 1. The van der Waals surface area contributed by atoms with E-state index in [4.69, 9.17) is 0 Å².